The standard InChI is InChI=1S/C12H23IS/c1-3-6-11-10(7-5-8-13)9-14-12(11)4-2/h10-12H,3-9H2,1-2H3. The van der Waals surface area contributed by atoms with Crippen molar-refractivity contribution in [2.75, 3.05) is 10.2 Å². The first-order chi connectivity index (χ1) is 6.83. The lowest BCUT2D eigenvalue weighted by molar-refractivity contribution is 0.326. The quantitative estimate of drug-likeness (QED) is 0.501. The van der Waals surface area contributed by atoms with Crippen LogP contribution in [0.2, 0.25) is 0 Å². The largest absolute Gasteiger partial charge is 0.158 e. The summed E-state index contributed by atoms with van der Waals surface area (Å²) in [6.07, 6.45) is 7.15. The van der Waals surface area contributed by atoms with Crippen LogP contribution < -0.4 is 0 Å². The van der Waals surface area contributed by atoms with Crippen molar-refractivity contribution in [2.45, 2.75) is 51.2 Å². The van der Waals surface area contributed by atoms with Gasteiger partial charge in [0.15, 0.2) is 0 Å². The summed E-state index contributed by atoms with van der Waals surface area (Å²) < 4.78 is 1.34. The van der Waals surface area contributed by atoms with Crippen LogP contribution in [0.1, 0.15) is 46.0 Å². The summed E-state index contributed by atoms with van der Waals surface area (Å²) in [6, 6.07) is 0. The van der Waals surface area contributed by atoms with Gasteiger partial charge in [-0.05, 0) is 47.7 Å². The number of hydrogen-bond donors (Lipinski definition) is 0. The summed E-state index contributed by atoms with van der Waals surface area (Å²) in [5.41, 5.74) is 0. The van der Waals surface area contributed by atoms with E-state index in [4.69, 9.17) is 0 Å². The molecule has 0 aliphatic carbocycles. The molecule has 0 aromatic carbocycles. The van der Waals surface area contributed by atoms with Crippen LogP contribution in [0.25, 0.3) is 0 Å². The predicted octanol–water partition coefficient (Wildman–Crippen LogP) is 4.76. The van der Waals surface area contributed by atoms with Crippen LogP contribution in [0.3, 0.4) is 0 Å². The number of rotatable bonds is 6. The van der Waals surface area contributed by atoms with Crippen molar-refractivity contribution in [3.63, 3.8) is 0 Å². The van der Waals surface area contributed by atoms with E-state index in [0.717, 1.165) is 17.1 Å². The molecule has 3 unspecified atom stereocenters. The number of halogens is 1. The van der Waals surface area contributed by atoms with Crippen LogP contribution in [0.4, 0.5) is 0 Å². The highest BCUT2D eigenvalue weighted by Gasteiger charge is 2.33. The lowest BCUT2D eigenvalue weighted by Crippen LogP contribution is -2.18. The van der Waals surface area contributed by atoms with Crippen LogP contribution in [0.5, 0.6) is 0 Å². The van der Waals surface area contributed by atoms with Crippen molar-refractivity contribution in [1.29, 1.82) is 0 Å². The Morgan fingerprint density at radius 3 is 2.64 bits per heavy atom. The van der Waals surface area contributed by atoms with E-state index in [1.54, 1.807) is 0 Å². The third kappa shape index (κ3) is 3.58. The predicted molar refractivity (Wildman–Crippen MR) is 76.5 cm³/mol. The molecular formula is C12H23IS. The molecule has 0 radical (unpaired) electrons. The highest BCUT2D eigenvalue weighted by atomic mass is 127. The second kappa shape index (κ2) is 7.37. The fourth-order valence-electron chi connectivity index (χ4n) is 2.61. The molecule has 0 nitrogen and oxygen atoms in total. The van der Waals surface area contributed by atoms with Gasteiger partial charge in [0.25, 0.3) is 0 Å². The molecule has 0 spiro atoms. The molecule has 1 aliphatic heterocycles. The Hall–Kier alpha value is 1.08. The lowest BCUT2D eigenvalue weighted by Gasteiger charge is -2.22. The number of thioether (sulfide) groups is 1. The maximum absolute atomic E-state index is 2.51. The second-order valence-corrected chi connectivity index (χ2v) is 6.67. The summed E-state index contributed by atoms with van der Waals surface area (Å²) in [5, 5.41) is 0.981. The molecule has 2 heteroatoms. The first-order valence-electron chi connectivity index (χ1n) is 6.01. The first kappa shape index (κ1) is 13.1. The molecule has 1 fully saturated rings. The third-order valence-electron chi connectivity index (χ3n) is 3.34. The van der Waals surface area contributed by atoms with Gasteiger partial charge in [0.05, 0.1) is 0 Å². The van der Waals surface area contributed by atoms with Crippen LogP contribution in [-0.4, -0.2) is 15.4 Å². The van der Waals surface area contributed by atoms with E-state index < -0.39 is 0 Å². The van der Waals surface area contributed by atoms with Gasteiger partial charge in [-0.15, -0.1) is 0 Å². The SMILES string of the molecule is CCCC1C(CCCI)CSC1CC. The van der Waals surface area contributed by atoms with Crippen molar-refractivity contribution in [3.8, 4) is 0 Å². The fourth-order valence-corrected chi connectivity index (χ4v) is 4.80. The summed E-state index contributed by atoms with van der Waals surface area (Å²) in [7, 11) is 0. The van der Waals surface area contributed by atoms with Gasteiger partial charge in [0.2, 0.25) is 0 Å². The van der Waals surface area contributed by atoms with E-state index in [9.17, 15) is 0 Å². The molecule has 1 aliphatic rings. The highest BCUT2D eigenvalue weighted by molar-refractivity contribution is 14.1. The normalized spacial score (nSPS) is 32.4. The molecule has 0 aromatic heterocycles. The van der Waals surface area contributed by atoms with E-state index in [0.29, 0.717) is 0 Å². The lowest BCUT2D eigenvalue weighted by atomic mass is 9.84. The van der Waals surface area contributed by atoms with Gasteiger partial charge in [-0.2, -0.15) is 11.8 Å². The molecule has 0 aromatic rings. The number of alkyl halides is 1. The van der Waals surface area contributed by atoms with Crippen LogP contribution in [0.15, 0.2) is 0 Å². The van der Waals surface area contributed by atoms with E-state index >= 15 is 0 Å². The zero-order chi connectivity index (χ0) is 10.4. The van der Waals surface area contributed by atoms with Crippen molar-refractivity contribution in [2.24, 2.45) is 11.8 Å². The molecule has 0 amide bonds. The Bertz CT molecular complexity index is 149. The van der Waals surface area contributed by atoms with Gasteiger partial charge in [0, 0.05) is 5.25 Å². The molecule has 1 rings (SSSR count). The molecule has 3 atom stereocenters. The van der Waals surface area contributed by atoms with Crippen molar-refractivity contribution in [3.05, 3.63) is 0 Å². The fraction of sp³-hybridized carbons (Fsp3) is 1.00. The minimum Gasteiger partial charge on any atom is -0.158 e. The van der Waals surface area contributed by atoms with Gasteiger partial charge in [-0.3, -0.25) is 0 Å². The molecule has 0 saturated carbocycles. The summed E-state index contributed by atoms with van der Waals surface area (Å²) in [4.78, 5) is 0. The van der Waals surface area contributed by atoms with Gasteiger partial charge in [-0.1, -0.05) is 42.9 Å². The third-order valence-corrected chi connectivity index (χ3v) is 5.83. The minimum absolute atomic E-state index is 0.981. The van der Waals surface area contributed by atoms with E-state index in [2.05, 4.69) is 48.2 Å². The average Bonchev–Trinajstić information content (AvgIpc) is 2.58. The Morgan fingerprint density at radius 1 is 1.29 bits per heavy atom. The topological polar surface area (TPSA) is 0 Å². The van der Waals surface area contributed by atoms with Crippen LogP contribution in [-0.2, 0) is 0 Å². The summed E-state index contributed by atoms with van der Waals surface area (Å²) in [5.74, 6) is 3.53. The van der Waals surface area contributed by atoms with Crippen LogP contribution >= 0.6 is 34.4 Å². The summed E-state index contributed by atoms with van der Waals surface area (Å²) >= 11 is 4.76. The van der Waals surface area contributed by atoms with Gasteiger partial charge in [-0.25, -0.2) is 0 Å². The van der Waals surface area contributed by atoms with Crippen molar-refractivity contribution < 1.29 is 0 Å². The second-order valence-electron chi connectivity index (χ2n) is 4.32. The van der Waals surface area contributed by atoms with Crippen molar-refractivity contribution in [1.82, 2.24) is 0 Å². The molecular weight excluding hydrogens is 303 g/mol. The average molecular weight is 326 g/mol. The number of hydrogen-bond acceptors (Lipinski definition) is 1. The molecule has 0 N–H and O–H groups in total. The maximum atomic E-state index is 2.51. The van der Waals surface area contributed by atoms with E-state index in [1.807, 2.05) is 0 Å². The molecule has 1 saturated heterocycles. The Kier molecular flexibility index (Phi) is 6.92. The molecule has 1 heterocycles. The zero-order valence-corrected chi connectivity index (χ0v) is 12.4. The first-order valence-corrected chi connectivity index (χ1v) is 8.58. The van der Waals surface area contributed by atoms with Crippen molar-refractivity contribution >= 4 is 34.4 Å². The molecule has 14 heavy (non-hydrogen) atoms. The zero-order valence-electron chi connectivity index (χ0n) is 9.47. The van der Waals surface area contributed by atoms with E-state index in [1.165, 1.54) is 42.3 Å². The molecule has 84 valence electrons. The minimum atomic E-state index is 0.981. The van der Waals surface area contributed by atoms with Gasteiger partial charge >= 0.3 is 0 Å². The van der Waals surface area contributed by atoms with Gasteiger partial charge in [0.1, 0.15) is 0 Å². The van der Waals surface area contributed by atoms with E-state index in [-0.39, 0.29) is 0 Å². The Morgan fingerprint density at radius 2 is 2.07 bits per heavy atom. The van der Waals surface area contributed by atoms with Crippen LogP contribution in [0, 0.1) is 11.8 Å². The molecule has 0 bridgehead atoms. The highest BCUT2D eigenvalue weighted by Crippen LogP contribution is 2.43. The summed E-state index contributed by atoms with van der Waals surface area (Å²) in [6.45, 7) is 4.70. The smallest absolute Gasteiger partial charge is 0.00757 e. The monoisotopic (exact) mass is 326 g/mol. The maximum Gasteiger partial charge on any atom is 0.00757 e. The Labute approximate surface area is 107 Å². The van der Waals surface area contributed by atoms with Gasteiger partial charge < -0.3 is 0 Å². The Balaban J connectivity index is 2.40.